The molecule has 2 N–H and O–H groups in total. The molecule has 0 saturated carbocycles. The molecule has 2 amide bonds. The van der Waals surface area contributed by atoms with Gasteiger partial charge >= 0.3 is 6.09 Å². The Balaban J connectivity index is 1.98. The third-order valence-electron chi connectivity index (χ3n) is 4.39. The van der Waals surface area contributed by atoms with Crippen molar-refractivity contribution in [3.8, 4) is 5.75 Å². The number of nitrogens with one attached hydrogen (secondary N) is 1. The second-order valence-corrected chi connectivity index (χ2v) is 9.97. The molecule has 1 saturated heterocycles. The number of piperazine rings is 1. The molecule has 1 fully saturated rings. The molecule has 0 radical (unpaired) electrons. The van der Waals surface area contributed by atoms with Crippen molar-refractivity contribution >= 4 is 22.0 Å². The number of phenolic OH excluding ortho intramolecular Hbond substituents is 1. The van der Waals surface area contributed by atoms with Crippen molar-refractivity contribution in [2.75, 3.05) is 26.2 Å². The van der Waals surface area contributed by atoms with Gasteiger partial charge in [-0.2, -0.15) is 4.31 Å². The topological polar surface area (TPSA) is 116 Å². The van der Waals surface area contributed by atoms with Crippen LogP contribution in [-0.4, -0.2) is 72.6 Å². The van der Waals surface area contributed by atoms with Crippen LogP contribution in [0.1, 0.15) is 33.3 Å². The molecule has 1 heterocycles. The maximum absolute atomic E-state index is 12.8. The molecule has 1 aromatic carbocycles. The van der Waals surface area contributed by atoms with Crippen molar-refractivity contribution in [1.29, 1.82) is 0 Å². The number of alkyl carbamates (subject to hydrolysis) is 1. The number of carbonyl (C=O) groups is 2. The first kappa shape index (κ1) is 23.0. The summed E-state index contributed by atoms with van der Waals surface area (Å²) in [6.45, 7) is 9.05. The smallest absolute Gasteiger partial charge is 0.408 e. The summed E-state index contributed by atoms with van der Waals surface area (Å²) < 4.78 is 32.1. The van der Waals surface area contributed by atoms with Crippen LogP contribution in [0.2, 0.25) is 0 Å². The number of aromatic hydroxyl groups is 1. The van der Waals surface area contributed by atoms with Gasteiger partial charge in [-0.05, 0) is 52.3 Å². The van der Waals surface area contributed by atoms with Crippen molar-refractivity contribution in [2.45, 2.75) is 51.2 Å². The lowest BCUT2D eigenvalue weighted by Gasteiger charge is -2.35. The quantitative estimate of drug-likeness (QED) is 0.751. The van der Waals surface area contributed by atoms with Gasteiger partial charge in [0.25, 0.3) is 0 Å². The number of aryl methyl sites for hydroxylation is 1. The summed E-state index contributed by atoms with van der Waals surface area (Å²) in [7, 11) is -3.87. The Hall–Kier alpha value is -2.33. The van der Waals surface area contributed by atoms with Gasteiger partial charge in [0.05, 0.1) is 0 Å². The molecule has 10 heteroatoms. The van der Waals surface area contributed by atoms with Gasteiger partial charge < -0.3 is 20.1 Å². The van der Waals surface area contributed by atoms with Crippen molar-refractivity contribution in [3.05, 3.63) is 23.8 Å². The molecule has 162 valence electrons. The van der Waals surface area contributed by atoms with E-state index in [-0.39, 0.29) is 42.7 Å². The molecular formula is C19H29N3O6S. The third kappa shape index (κ3) is 5.83. The predicted octanol–water partition coefficient (Wildman–Crippen LogP) is 1.45. The Bertz CT molecular complexity index is 870. The number of rotatable bonds is 4. The second-order valence-electron chi connectivity index (χ2n) is 8.07. The first-order valence-corrected chi connectivity index (χ1v) is 10.8. The molecule has 0 bridgehead atoms. The largest absolute Gasteiger partial charge is 0.507 e. The molecular weight excluding hydrogens is 398 g/mol. The van der Waals surface area contributed by atoms with E-state index in [2.05, 4.69) is 5.32 Å². The molecule has 2 rings (SSSR count). The molecule has 0 unspecified atom stereocenters. The maximum atomic E-state index is 12.8. The molecule has 29 heavy (non-hydrogen) atoms. The molecule has 0 aromatic heterocycles. The number of nitrogens with zero attached hydrogens (tertiary/aromatic N) is 2. The van der Waals surface area contributed by atoms with Gasteiger partial charge in [0.15, 0.2) is 0 Å². The van der Waals surface area contributed by atoms with Crippen LogP contribution in [0.15, 0.2) is 23.1 Å². The average Bonchev–Trinajstić information content (AvgIpc) is 2.61. The van der Waals surface area contributed by atoms with Gasteiger partial charge in [0, 0.05) is 26.2 Å². The molecule has 0 aliphatic carbocycles. The maximum Gasteiger partial charge on any atom is 0.408 e. The van der Waals surface area contributed by atoms with Crippen LogP contribution in [0.25, 0.3) is 0 Å². The summed E-state index contributed by atoms with van der Waals surface area (Å²) in [5.74, 6) is -0.615. The number of benzene rings is 1. The summed E-state index contributed by atoms with van der Waals surface area (Å²) >= 11 is 0. The summed E-state index contributed by atoms with van der Waals surface area (Å²) in [6.07, 6.45) is -0.686. The van der Waals surface area contributed by atoms with E-state index in [4.69, 9.17) is 4.74 Å². The van der Waals surface area contributed by atoms with Crippen LogP contribution in [0.5, 0.6) is 5.75 Å². The highest BCUT2D eigenvalue weighted by atomic mass is 32.2. The Morgan fingerprint density at radius 1 is 1.17 bits per heavy atom. The lowest BCUT2D eigenvalue weighted by atomic mass is 10.2. The Morgan fingerprint density at radius 2 is 1.76 bits per heavy atom. The molecule has 1 aromatic rings. The van der Waals surface area contributed by atoms with Crippen LogP contribution in [-0.2, 0) is 19.6 Å². The van der Waals surface area contributed by atoms with E-state index < -0.39 is 27.8 Å². The van der Waals surface area contributed by atoms with Crippen LogP contribution in [0, 0.1) is 6.92 Å². The minimum atomic E-state index is -3.87. The number of ether oxygens (including phenoxy) is 1. The Labute approximate surface area is 171 Å². The zero-order chi connectivity index (χ0) is 22.0. The standard InChI is InChI=1S/C19H29N3O6S/c1-13-6-7-15(23)16(12-13)29(26,27)22-10-8-21(9-11-22)17(24)14(2)20-18(25)28-19(3,4)5/h6-7,12,14,23H,8-11H2,1-5H3,(H,20,25)/t14-/m1/s1. The fourth-order valence-corrected chi connectivity index (χ4v) is 4.53. The molecule has 9 nitrogen and oxygen atoms in total. The lowest BCUT2D eigenvalue weighted by molar-refractivity contribution is -0.134. The van der Waals surface area contributed by atoms with E-state index in [1.54, 1.807) is 40.7 Å². The van der Waals surface area contributed by atoms with Crippen LogP contribution >= 0.6 is 0 Å². The first-order chi connectivity index (χ1) is 13.3. The van der Waals surface area contributed by atoms with E-state index in [1.807, 2.05) is 0 Å². The van der Waals surface area contributed by atoms with E-state index in [0.29, 0.717) is 0 Å². The van der Waals surface area contributed by atoms with E-state index in [1.165, 1.54) is 21.3 Å². The van der Waals surface area contributed by atoms with E-state index >= 15 is 0 Å². The molecule has 0 spiro atoms. The number of hydrogen-bond acceptors (Lipinski definition) is 6. The first-order valence-electron chi connectivity index (χ1n) is 9.39. The Kier molecular flexibility index (Phi) is 6.79. The van der Waals surface area contributed by atoms with Crippen LogP contribution in [0.4, 0.5) is 4.79 Å². The van der Waals surface area contributed by atoms with Crippen molar-refractivity contribution in [1.82, 2.24) is 14.5 Å². The predicted molar refractivity (Wildman–Crippen MR) is 107 cm³/mol. The molecule has 1 aliphatic rings. The van der Waals surface area contributed by atoms with Crippen molar-refractivity contribution in [2.24, 2.45) is 0 Å². The summed E-state index contributed by atoms with van der Waals surface area (Å²) in [4.78, 5) is 25.8. The number of phenols is 1. The van der Waals surface area contributed by atoms with Crippen molar-refractivity contribution < 1.29 is 27.9 Å². The zero-order valence-corrected chi connectivity index (χ0v) is 18.2. The van der Waals surface area contributed by atoms with Gasteiger partial charge in [-0.25, -0.2) is 13.2 Å². The highest BCUT2D eigenvalue weighted by molar-refractivity contribution is 7.89. The fourth-order valence-electron chi connectivity index (χ4n) is 2.94. The molecule has 1 aliphatic heterocycles. The fraction of sp³-hybridized carbons (Fsp3) is 0.579. The van der Waals surface area contributed by atoms with Crippen molar-refractivity contribution in [3.63, 3.8) is 0 Å². The number of hydrogen-bond donors (Lipinski definition) is 2. The number of amides is 2. The highest BCUT2D eigenvalue weighted by Gasteiger charge is 2.33. The normalized spacial score (nSPS) is 16.9. The van der Waals surface area contributed by atoms with E-state index in [9.17, 15) is 23.1 Å². The van der Waals surface area contributed by atoms with Gasteiger partial charge in [-0.15, -0.1) is 0 Å². The summed E-state index contributed by atoms with van der Waals surface area (Å²) in [6, 6.07) is 3.61. The molecule has 1 atom stereocenters. The van der Waals surface area contributed by atoms with E-state index in [0.717, 1.165) is 5.56 Å². The van der Waals surface area contributed by atoms with Gasteiger partial charge in [-0.3, -0.25) is 4.79 Å². The Morgan fingerprint density at radius 3 is 2.31 bits per heavy atom. The number of carbonyl (C=O) groups excluding carboxylic acids is 2. The minimum Gasteiger partial charge on any atom is -0.507 e. The van der Waals surface area contributed by atoms with Crippen LogP contribution in [0.3, 0.4) is 0 Å². The highest BCUT2D eigenvalue weighted by Crippen LogP contribution is 2.27. The second kappa shape index (κ2) is 8.58. The summed E-state index contributed by atoms with van der Waals surface area (Å²) in [5.41, 5.74) is 0.0472. The average molecular weight is 428 g/mol. The summed E-state index contributed by atoms with van der Waals surface area (Å²) in [5, 5.41) is 12.5. The SMILES string of the molecule is Cc1ccc(O)c(S(=O)(=O)N2CCN(C(=O)[C@@H](C)NC(=O)OC(C)(C)C)CC2)c1. The number of sulfonamides is 1. The zero-order valence-electron chi connectivity index (χ0n) is 17.4. The van der Waals surface area contributed by atoms with Gasteiger partial charge in [0.1, 0.15) is 22.3 Å². The lowest BCUT2D eigenvalue weighted by Crippen LogP contribution is -2.55. The third-order valence-corrected chi connectivity index (χ3v) is 6.31. The van der Waals surface area contributed by atoms with Gasteiger partial charge in [0.2, 0.25) is 15.9 Å². The minimum absolute atomic E-state index is 0.0978. The van der Waals surface area contributed by atoms with Gasteiger partial charge in [-0.1, -0.05) is 6.07 Å². The monoisotopic (exact) mass is 427 g/mol. The van der Waals surface area contributed by atoms with Crippen LogP contribution < -0.4 is 5.32 Å².